The van der Waals surface area contributed by atoms with E-state index in [2.05, 4.69) is 26.3 Å². The molecule has 8 heteroatoms. The summed E-state index contributed by atoms with van der Waals surface area (Å²) in [6, 6.07) is 6.20. The van der Waals surface area contributed by atoms with Crippen molar-refractivity contribution in [3.8, 4) is 11.4 Å². The molecule has 8 nitrogen and oxygen atoms in total. The second-order valence-electron chi connectivity index (χ2n) is 8.48. The number of hydrogen-bond donors (Lipinski definition) is 2. The largest absolute Gasteiger partial charge is 0.400 e. The zero-order chi connectivity index (χ0) is 23.8. The Morgan fingerprint density at radius 2 is 1.88 bits per heavy atom. The minimum Gasteiger partial charge on any atom is -0.400 e. The number of aliphatic hydroxyl groups is 1. The average molecular weight is 462 g/mol. The summed E-state index contributed by atoms with van der Waals surface area (Å²) in [6.07, 6.45) is 13.6. The van der Waals surface area contributed by atoms with Crippen LogP contribution in [0.2, 0.25) is 0 Å². The van der Waals surface area contributed by atoms with Crippen molar-refractivity contribution in [1.29, 1.82) is 0 Å². The number of nitrogens with one attached hydrogen (secondary N) is 1. The summed E-state index contributed by atoms with van der Waals surface area (Å²) in [5, 5.41) is 10.2. The maximum atomic E-state index is 13.0. The zero-order valence-electron chi connectivity index (χ0n) is 19.5. The predicted molar refractivity (Wildman–Crippen MR) is 128 cm³/mol. The molecule has 3 aromatic heterocycles. The lowest BCUT2D eigenvalue weighted by Crippen LogP contribution is -2.39. The molecule has 0 atom stereocenters. The van der Waals surface area contributed by atoms with E-state index in [1.807, 2.05) is 18.3 Å². The van der Waals surface area contributed by atoms with Gasteiger partial charge < -0.3 is 15.2 Å². The summed E-state index contributed by atoms with van der Waals surface area (Å²) in [5.41, 5.74) is 6.75. The van der Waals surface area contributed by atoms with Gasteiger partial charge in [-0.15, -0.1) is 0 Å². The second-order valence-corrected chi connectivity index (χ2v) is 8.48. The van der Waals surface area contributed by atoms with Crippen molar-refractivity contribution in [3.63, 3.8) is 0 Å². The van der Waals surface area contributed by atoms with Gasteiger partial charge in [-0.2, -0.15) is 0 Å². The first-order chi connectivity index (χ1) is 16.8. The van der Waals surface area contributed by atoms with E-state index in [-0.39, 0.29) is 11.9 Å². The van der Waals surface area contributed by atoms with Gasteiger partial charge in [0.1, 0.15) is 11.4 Å². The van der Waals surface area contributed by atoms with Crippen LogP contribution in [0.3, 0.4) is 0 Å². The monoisotopic (exact) mass is 461 g/mol. The van der Waals surface area contributed by atoms with Crippen LogP contribution >= 0.6 is 0 Å². The first-order valence-electron chi connectivity index (χ1n) is 11.8. The fourth-order valence-electron chi connectivity index (χ4n) is 4.50. The molecule has 1 aliphatic carbocycles. The molecular weight excluding hydrogens is 430 g/mol. The highest BCUT2D eigenvalue weighted by Crippen LogP contribution is 2.26. The number of nitrogens with zero attached hydrogens (tertiary/aromatic N) is 4. The van der Waals surface area contributed by atoms with Crippen molar-refractivity contribution < 1.29 is 14.6 Å². The highest BCUT2D eigenvalue weighted by atomic mass is 16.5. The summed E-state index contributed by atoms with van der Waals surface area (Å²) < 4.78 is 5.40. The maximum absolute atomic E-state index is 13.0. The molecule has 1 fully saturated rings. The smallest absolute Gasteiger partial charge is 0.270 e. The van der Waals surface area contributed by atoms with E-state index in [0.717, 1.165) is 68.3 Å². The van der Waals surface area contributed by atoms with E-state index < -0.39 is 0 Å². The molecule has 178 valence electrons. The molecule has 0 saturated carbocycles. The van der Waals surface area contributed by atoms with Gasteiger partial charge in [0.15, 0.2) is 0 Å². The number of ether oxygens (including phenoxy) is 1. The third-order valence-electron chi connectivity index (χ3n) is 6.23. The fraction of sp³-hybridized carbons (Fsp3) is 0.423. The normalized spacial score (nSPS) is 15.6. The SMILES string of the molecule is CO.O=C(NC1CCOCC1)c1cc(Cc2ccc(-c3cnccn3)nc2)c2c(n1)CCCC2. The van der Waals surface area contributed by atoms with Crippen molar-refractivity contribution in [1.82, 2.24) is 25.3 Å². The number of aliphatic hydroxyl groups excluding tert-OH is 1. The van der Waals surface area contributed by atoms with E-state index in [0.29, 0.717) is 18.9 Å². The lowest BCUT2D eigenvalue weighted by atomic mass is 9.89. The van der Waals surface area contributed by atoms with Gasteiger partial charge in [-0.1, -0.05) is 6.07 Å². The van der Waals surface area contributed by atoms with Crippen LogP contribution in [0.5, 0.6) is 0 Å². The van der Waals surface area contributed by atoms with Crippen LogP contribution in [0, 0.1) is 0 Å². The summed E-state index contributed by atoms with van der Waals surface area (Å²) in [5.74, 6) is -0.0809. The van der Waals surface area contributed by atoms with Crippen molar-refractivity contribution in [2.45, 2.75) is 51.0 Å². The first kappa shape index (κ1) is 23.9. The summed E-state index contributed by atoms with van der Waals surface area (Å²) >= 11 is 0. The Hall–Kier alpha value is -3.23. The predicted octanol–water partition coefficient (Wildman–Crippen LogP) is 2.92. The zero-order valence-corrected chi connectivity index (χ0v) is 19.5. The number of hydrogen-bond acceptors (Lipinski definition) is 7. The van der Waals surface area contributed by atoms with Crippen molar-refractivity contribution in [2.75, 3.05) is 20.3 Å². The van der Waals surface area contributed by atoms with Crippen LogP contribution in [0.4, 0.5) is 0 Å². The van der Waals surface area contributed by atoms with Gasteiger partial charge in [-0.25, -0.2) is 4.98 Å². The number of carbonyl (C=O) groups excluding carboxylic acids is 1. The summed E-state index contributed by atoms with van der Waals surface area (Å²) in [7, 11) is 1.00. The van der Waals surface area contributed by atoms with E-state index in [9.17, 15) is 4.79 Å². The van der Waals surface area contributed by atoms with Crippen LogP contribution < -0.4 is 5.32 Å². The molecule has 0 spiro atoms. The van der Waals surface area contributed by atoms with Gasteiger partial charge in [0.2, 0.25) is 0 Å². The molecule has 1 aliphatic heterocycles. The van der Waals surface area contributed by atoms with Gasteiger partial charge in [-0.05, 0) is 73.8 Å². The first-order valence-corrected chi connectivity index (χ1v) is 11.8. The Morgan fingerprint density at radius 1 is 1.06 bits per heavy atom. The van der Waals surface area contributed by atoms with Gasteiger partial charge >= 0.3 is 0 Å². The molecule has 0 bridgehead atoms. The highest BCUT2D eigenvalue weighted by molar-refractivity contribution is 5.92. The van der Waals surface area contributed by atoms with Crippen LogP contribution in [0.1, 0.15) is 58.6 Å². The fourth-order valence-corrected chi connectivity index (χ4v) is 4.50. The Kier molecular flexibility index (Phi) is 8.27. The van der Waals surface area contributed by atoms with E-state index in [1.54, 1.807) is 18.6 Å². The summed E-state index contributed by atoms with van der Waals surface area (Å²) in [6.45, 7) is 1.40. The number of amides is 1. The van der Waals surface area contributed by atoms with Gasteiger partial charge in [-0.3, -0.25) is 19.7 Å². The van der Waals surface area contributed by atoms with Crippen LogP contribution in [-0.4, -0.2) is 57.3 Å². The third-order valence-corrected chi connectivity index (χ3v) is 6.23. The highest BCUT2D eigenvalue weighted by Gasteiger charge is 2.22. The Balaban J connectivity index is 0.00000133. The quantitative estimate of drug-likeness (QED) is 0.601. The van der Waals surface area contributed by atoms with Crippen LogP contribution in [0.25, 0.3) is 11.4 Å². The molecule has 3 aromatic rings. The van der Waals surface area contributed by atoms with Crippen molar-refractivity contribution in [2.24, 2.45) is 0 Å². The van der Waals surface area contributed by atoms with Crippen LogP contribution in [0.15, 0.2) is 43.0 Å². The molecule has 0 unspecified atom stereocenters. The van der Waals surface area contributed by atoms with Gasteiger partial charge in [0, 0.05) is 50.6 Å². The number of carbonyl (C=O) groups is 1. The van der Waals surface area contributed by atoms with Crippen molar-refractivity contribution in [3.05, 3.63) is 71.1 Å². The van der Waals surface area contributed by atoms with Crippen molar-refractivity contribution >= 4 is 5.91 Å². The number of pyridine rings is 2. The Bertz CT molecular complexity index is 1080. The topological polar surface area (TPSA) is 110 Å². The number of aryl methyl sites for hydroxylation is 1. The molecule has 0 radical (unpaired) electrons. The molecule has 2 aliphatic rings. The minimum atomic E-state index is -0.0809. The van der Waals surface area contributed by atoms with E-state index >= 15 is 0 Å². The molecule has 34 heavy (non-hydrogen) atoms. The molecule has 2 N–H and O–H groups in total. The summed E-state index contributed by atoms with van der Waals surface area (Å²) in [4.78, 5) is 30.7. The molecule has 1 amide bonds. The van der Waals surface area contributed by atoms with E-state index in [4.69, 9.17) is 14.8 Å². The minimum absolute atomic E-state index is 0.0809. The molecule has 0 aromatic carbocycles. The van der Waals surface area contributed by atoms with Gasteiger partial charge in [0.05, 0.1) is 11.9 Å². The molecular formula is C26H31N5O3. The second kappa shape index (κ2) is 11.8. The molecule has 5 rings (SSSR count). The lowest BCUT2D eigenvalue weighted by molar-refractivity contribution is 0.0694. The maximum Gasteiger partial charge on any atom is 0.270 e. The number of aromatic nitrogens is 4. The lowest BCUT2D eigenvalue weighted by Gasteiger charge is -2.24. The van der Waals surface area contributed by atoms with Gasteiger partial charge in [0.25, 0.3) is 5.91 Å². The third kappa shape index (κ3) is 5.81. The molecule has 1 saturated heterocycles. The number of rotatable bonds is 5. The Labute approximate surface area is 199 Å². The Morgan fingerprint density at radius 3 is 2.62 bits per heavy atom. The standard InChI is InChI=1S/C25H27N5O2.CH4O/c31-25(29-19-7-11-32-12-8-19)23-14-18(20-3-1-2-4-21(20)30-23)13-17-5-6-22(28-15-17)24-16-26-9-10-27-24;1-2/h5-6,9-10,14-16,19H,1-4,7-8,11-13H2,(H,29,31);2H,1H3. The molecule has 4 heterocycles. The average Bonchev–Trinajstić information content (AvgIpc) is 2.91. The number of fused-ring (bicyclic) bond motifs is 1. The van der Waals surface area contributed by atoms with E-state index in [1.165, 1.54) is 17.5 Å². The van der Waals surface area contributed by atoms with Crippen LogP contribution in [-0.2, 0) is 24.0 Å².